The smallest absolute Gasteiger partial charge is 0.311 e. The molecule has 6 nitrogen and oxygen atoms in total. The van der Waals surface area contributed by atoms with Gasteiger partial charge in [0.05, 0.1) is 5.92 Å². The molecule has 0 unspecified atom stereocenters. The molecule has 2 rings (SSSR count). The first-order valence-corrected chi connectivity index (χ1v) is 6.32. The summed E-state index contributed by atoms with van der Waals surface area (Å²) in [5.41, 5.74) is 4.90. The topological polar surface area (TPSA) is 89.7 Å². The van der Waals surface area contributed by atoms with Crippen molar-refractivity contribution >= 4 is 17.8 Å². The first-order valence-electron chi connectivity index (χ1n) is 6.32. The van der Waals surface area contributed by atoms with Gasteiger partial charge in [0.2, 0.25) is 5.91 Å². The summed E-state index contributed by atoms with van der Waals surface area (Å²) in [6.07, 6.45) is 4.52. The van der Waals surface area contributed by atoms with Crippen molar-refractivity contribution in [3.05, 3.63) is 0 Å². The summed E-state index contributed by atoms with van der Waals surface area (Å²) < 4.78 is 4.75. The first kappa shape index (κ1) is 12.9. The Kier molecular flexibility index (Phi) is 3.84. The van der Waals surface area contributed by atoms with Crippen LogP contribution in [0, 0.1) is 5.92 Å². The average molecular weight is 254 g/mol. The standard InChI is InChI=1S/C12H18N2O4/c13-10(15)7-18-12(17)8-5-11(16)14(6-8)9-3-1-2-4-9/h8-9H,1-7H2,(H2,13,15)/t8-/m0/s1. The van der Waals surface area contributed by atoms with Gasteiger partial charge in [0.1, 0.15) is 0 Å². The van der Waals surface area contributed by atoms with Crippen LogP contribution in [0.15, 0.2) is 0 Å². The maximum Gasteiger partial charge on any atom is 0.311 e. The molecule has 1 atom stereocenters. The number of amides is 2. The van der Waals surface area contributed by atoms with Crippen LogP contribution < -0.4 is 5.73 Å². The van der Waals surface area contributed by atoms with Gasteiger partial charge in [0.25, 0.3) is 5.91 Å². The van der Waals surface area contributed by atoms with Gasteiger partial charge in [0.15, 0.2) is 6.61 Å². The van der Waals surface area contributed by atoms with E-state index in [0.717, 1.165) is 25.7 Å². The molecule has 0 aromatic rings. The molecule has 1 saturated heterocycles. The summed E-state index contributed by atoms with van der Waals surface area (Å²) >= 11 is 0. The Labute approximate surface area is 105 Å². The number of carbonyl (C=O) groups excluding carboxylic acids is 3. The van der Waals surface area contributed by atoms with Gasteiger partial charge in [0, 0.05) is 19.0 Å². The summed E-state index contributed by atoms with van der Waals surface area (Å²) in [6, 6.07) is 0.284. The van der Waals surface area contributed by atoms with Crippen molar-refractivity contribution in [2.24, 2.45) is 11.7 Å². The molecule has 18 heavy (non-hydrogen) atoms. The van der Waals surface area contributed by atoms with E-state index in [1.54, 1.807) is 4.90 Å². The van der Waals surface area contributed by atoms with Gasteiger partial charge in [-0.15, -0.1) is 0 Å². The lowest BCUT2D eigenvalue weighted by atomic mass is 10.1. The van der Waals surface area contributed by atoms with E-state index in [1.165, 1.54) is 0 Å². The number of likely N-dealkylation sites (tertiary alicyclic amines) is 1. The number of hydrogen-bond donors (Lipinski definition) is 1. The molecule has 0 spiro atoms. The molecule has 0 aromatic carbocycles. The van der Waals surface area contributed by atoms with E-state index < -0.39 is 24.4 Å². The van der Waals surface area contributed by atoms with Crippen LogP contribution in [0.1, 0.15) is 32.1 Å². The van der Waals surface area contributed by atoms with E-state index in [4.69, 9.17) is 10.5 Å². The number of hydrogen-bond acceptors (Lipinski definition) is 4. The highest BCUT2D eigenvalue weighted by atomic mass is 16.5. The Bertz CT molecular complexity index is 363. The average Bonchev–Trinajstić information content (AvgIpc) is 2.94. The predicted molar refractivity (Wildman–Crippen MR) is 62.2 cm³/mol. The number of primary amides is 1. The Morgan fingerprint density at radius 3 is 2.61 bits per heavy atom. The molecule has 1 aliphatic carbocycles. The maximum atomic E-state index is 11.8. The molecule has 0 aromatic heterocycles. The fourth-order valence-electron chi connectivity index (χ4n) is 2.72. The molecular weight excluding hydrogens is 236 g/mol. The highest BCUT2D eigenvalue weighted by Gasteiger charge is 2.39. The molecular formula is C12H18N2O4. The SMILES string of the molecule is NC(=O)COC(=O)[C@H]1CC(=O)N(C2CCCC2)C1. The molecule has 2 N–H and O–H groups in total. The largest absolute Gasteiger partial charge is 0.455 e. The molecule has 0 bridgehead atoms. The number of esters is 1. The highest BCUT2D eigenvalue weighted by Crippen LogP contribution is 2.29. The zero-order chi connectivity index (χ0) is 13.1. The fraction of sp³-hybridized carbons (Fsp3) is 0.750. The Balaban J connectivity index is 1.87. The second kappa shape index (κ2) is 5.37. The molecule has 1 aliphatic heterocycles. The molecule has 2 amide bonds. The second-order valence-corrected chi connectivity index (χ2v) is 4.96. The lowest BCUT2D eigenvalue weighted by Gasteiger charge is -2.23. The lowest BCUT2D eigenvalue weighted by Crippen LogP contribution is -2.35. The van der Waals surface area contributed by atoms with E-state index in [1.807, 2.05) is 0 Å². The van der Waals surface area contributed by atoms with Crippen LogP contribution in [-0.2, 0) is 19.1 Å². The highest BCUT2D eigenvalue weighted by molar-refractivity contribution is 5.88. The summed E-state index contributed by atoms with van der Waals surface area (Å²) in [4.78, 5) is 35.8. The van der Waals surface area contributed by atoms with Gasteiger partial charge in [-0.25, -0.2) is 0 Å². The number of ether oxygens (including phenoxy) is 1. The van der Waals surface area contributed by atoms with Crippen LogP contribution in [-0.4, -0.2) is 41.9 Å². The van der Waals surface area contributed by atoms with Crippen LogP contribution in [0.4, 0.5) is 0 Å². The number of rotatable bonds is 4. The lowest BCUT2D eigenvalue weighted by molar-refractivity contribution is -0.151. The van der Waals surface area contributed by atoms with Crippen molar-refractivity contribution in [2.45, 2.75) is 38.1 Å². The zero-order valence-electron chi connectivity index (χ0n) is 10.3. The van der Waals surface area contributed by atoms with Crippen molar-refractivity contribution in [1.29, 1.82) is 0 Å². The Morgan fingerprint density at radius 1 is 1.33 bits per heavy atom. The van der Waals surface area contributed by atoms with Crippen LogP contribution in [0.5, 0.6) is 0 Å². The van der Waals surface area contributed by atoms with E-state index in [-0.39, 0.29) is 18.4 Å². The summed E-state index contributed by atoms with van der Waals surface area (Å²) in [5.74, 6) is -1.61. The third-order valence-electron chi connectivity index (χ3n) is 3.61. The number of nitrogens with two attached hydrogens (primary N) is 1. The van der Waals surface area contributed by atoms with E-state index in [0.29, 0.717) is 6.54 Å². The van der Waals surface area contributed by atoms with E-state index in [9.17, 15) is 14.4 Å². The predicted octanol–water partition coefficient (Wildman–Crippen LogP) is -0.194. The van der Waals surface area contributed by atoms with Crippen LogP contribution in [0.3, 0.4) is 0 Å². The van der Waals surface area contributed by atoms with Gasteiger partial charge < -0.3 is 15.4 Å². The van der Waals surface area contributed by atoms with Gasteiger partial charge in [-0.05, 0) is 12.8 Å². The third kappa shape index (κ3) is 2.80. The summed E-state index contributed by atoms with van der Waals surface area (Å²) in [5, 5.41) is 0. The third-order valence-corrected chi connectivity index (χ3v) is 3.61. The normalized spacial score (nSPS) is 24.6. The summed E-state index contributed by atoms with van der Waals surface area (Å²) in [6.45, 7) is 0.00798. The van der Waals surface area contributed by atoms with Crippen molar-refractivity contribution in [3.8, 4) is 0 Å². The van der Waals surface area contributed by atoms with E-state index >= 15 is 0 Å². The van der Waals surface area contributed by atoms with E-state index in [2.05, 4.69) is 0 Å². The number of carbonyl (C=O) groups is 3. The molecule has 0 radical (unpaired) electrons. The van der Waals surface area contributed by atoms with Crippen molar-refractivity contribution in [3.63, 3.8) is 0 Å². The Morgan fingerprint density at radius 2 is 2.00 bits per heavy atom. The fourth-order valence-corrected chi connectivity index (χ4v) is 2.72. The van der Waals surface area contributed by atoms with Gasteiger partial charge >= 0.3 is 5.97 Å². The van der Waals surface area contributed by atoms with Crippen LogP contribution in [0.2, 0.25) is 0 Å². The van der Waals surface area contributed by atoms with Crippen LogP contribution >= 0.6 is 0 Å². The first-order chi connectivity index (χ1) is 8.58. The minimum atomic E-state index is -0.680. The minimum Gasteiger partial charge on any atom is -0.455 e. The van der Waals surface area contributed by atoms with Crippen molar-refractivity contribution < 1.29 is 19.1 Å². The van der Waals surface area contributed by atoms with Crippen molar-refractivity contribution in [1.82, 2.24) is 4.90 Å². The van der Waals surface area contributed by atoms with Gasteiger partial charge in [-0.3, -0.25) is 14.4 Å². The monoisotopic (exact) mass is 254 g/mol. The number of nitrogens with zero attached hydrogens (tertiary/aromatic N) is 1. The molecule has 2 fully saturated rings. The maximum absolute atomic E-state index is 11.8. The van der Waals surface area contributed by atoms with Gasteiger partial charge in [-0.2, -0.15) is 0 Å². The molecule has 2 aliphatic rings. The van der Waals surface area contributed by atoms with Crippen LogP contribution in [0.25, 0.3) is 0 Å². The molecule has 1 heterocycles. The van der Waals surface area contributed by atoms with Gasteiger partial charge in [-0.1, -0.05) is 12.8 Å². The quantitative estimate of drug-likeness (QED) is 0.704. The zero-order valence-corrected chi connectivity index (χ0v) is 10.3. The Hall–Kier alpha value is -1.59. The molecule has 100 valence electrons. The molecule has 6 heteroatoms. The second-order valence-electron chi connectivity index (χ2n) is 4.96. The van der Waals surface area contributed by atoms with Crippen molar-refractivity contribution in [2.75, 3.05) is 13.2 Å². The minimum absolute atomic E-state index is 0.0166. The molecule has 1 saturated carbocycles. The summed E-state index contributed by atoms with van der Waals surface area (Å²) in [7, 11) is 0.